The number of hydrogen-bond acceptors (Lipinski definition) is 5. The summed E-state index contributed by atoms with van der Waals surface area (Å²) in [4.78, 5) is 14.3. The zero-order chi connectivity index (χ0) is 14.7. The van der Waals surface area contributed by atoms with Crippen LogP contribution < -0.4 is 4.74 Å². The van der Waals surface area contributed by atoms with Crippen molar-refractivity contribution < 1.29 is 14.8 Å². The van der Waals surface area contributed by atoms with E-state index >= 15 is 0 Å². The molecule has 0 fully saturated rings. The number of aromatic nitrogens is 1. The number of nitro benzene ring substituents is 1. The van der Waals surface area contributed by atoms with Gasteiger partial charge in [-0.25, -0.2) is 4.98 Å². The highest BCUT2D eigenvalue weighted by molar-refractivity contribution is 9.10. The summed E-state index contributed by atoms with van der Waals surface area (Å²) in [6, 6.07) is 7.73. The number of benzene rings is 1. The lowest BCUT2D eigenvalue weighted by Crippen LogP contribution is -1.96. The Labute approximate surface area is 123 Å². The minimum absolute atomic E-state index is 0.0887. The van der Waals surface area contributed by atoms with Gasteiger partial charge in [-0.05, 0) is 40.5 Å². The molecule has 1 aromatic carbocycles. The SMILES string of the molecule is C[C@@H](O)c1ccnc(Oc2cccc([N+](=O)[O-])c2Br)c1. The summed E-state index contributed by atoms with van der Waals surface area (Å²) in [7, 11) is 0. The van der Waals surface area contributed by atoms with Crippen molar-refractivity contribution >= 4 is 21.6 Å². The van der Waals surface area contributed by atoms with Gasteiger partial charge in [0.1, 0.15) is 4.47 Å². The van der Waals surface area contributed by atoms with Crippen LogP contribution in [0, 0.1) is 10.1 Å². The van der Waals surface area contributed by atoms with Gasteiger partial charge in [0.15, 0.2) is 5.75 Å². The van der Waals surface area contributed by atoms with Crippen LogP contribution in [0.1, 0.15) is 18.6 Å². The molecule has 20 heavy (non-hydrogen) atoms. The Morgan fingerprint density at radius 1 is 1.45 bits per heavy atom. The second-order valence-corrected chi connectivity index (χ2v) is 4.84. The van der Waals surface area contributed by atoms with Gasteiger partial charge in [0, 0.05) is 18.3 Å². The highest BCUT2D eigenvalue weighted by Gasteiger charge is 2.16. The zero-order valence-corrected chi connectivity index (χ0v) is 12.1. The van der Waals surface area contributed by atoms with E-state index in [1.54, 1.807) is 25.1 Å². The average molecular weight is 339 g/mol. The first-order valence-corrected chi connectivity index (χ1v) is 6.53. The summed E-state index contributed by atoms with van der Waals surface area (Å²) in [5.41, 5.74) is 0.561. The molecule has 0 spiro atoms. The van der Waals surface area contributed by atoms with E-state index in [2.05, 4.69) is 20.9 Å². The molecule has 0 aliphatic carbocycles. The number of ether oxygens (including phenoxy) is 1. The van der Waals surface area contributed by atoms with Gasteiger partial charge in [0.05, 0.1) is 11.0 Å². The Balaban J connectivity index is 2.33. The molecule has 0 bridgehead atoms. The number of rotatable bonds is 4. The second-order valence-electron chi connectivity index (χ2n) is 4.05. The van der Waals surface area contributed by atoms with Crippen LogP contribution in [0.3, 0.4) is 0 Å². The van der Waals surface area contributed by atoms with Gasteiger partial charge >= 0.3 is 0 Å². The summed E-state index contributed by atoms with van der Waals surface area (Å²) in [6.45, 7) is 1.63. The maximum absolute atomic E-state index is 10.8. The number of nitrogens with zero attached hydrogens (tertiary/aromatic N) is 2. The Morgan fingerprint density at radius 3 is 2.85 bits per heavy atom. The molecular weight excluding hydrogens is 328 g/mol. The van der Waals surface area contributed by atoms with Crippen molar-refractivity contribution in [3.63, 3.8) is 0 Å². The van der Waals surface area contributed by atoms with Crippen LogP contribution in [0.2, 0.25) is 0 Å². The minimum atomic E-state index is -0.645. The van der Waals surface area contributed by atoms with E-state index in [9.17, 15) is 15.2 Å². The van der Waals surface area contributed by atoms with Gasteiger partial charge in [-0.15, -0.1) is 0 Å². The lowest BCUT2D eigenvalue weighted by molar-refractivity contribution is -0.385. The fraction of sp³-hybridized carbons (Fsp3) is 0.154. The number of halogens is 1. The van der Waals surface area contributed by atoms with Crippen LogP contribution in [-0.2, 0) is 0 Å². The van der Waals surface area contributed by atoms with Crippen molar-refractivity contribution in [2.75, 3.05) is 0 Å². The Morgan fingerprint density at radius 2 is 2.20 bits per heavy atom. The normalized spacial score (nSPS) is 11.9. The molecule has 1 N–H and O–H groups in total. The van der Waals surface area contributed by atoms with E-state index in [1.807, 2.05) is 0 Å². The van der Waals surface area contributed by atoms with E-state index in [0.29, 0.717) is 5.56 Å². The van der Waals surface area contributed by atoms with Gasteiger partial charge in [-0.2, -0.15) is 0 Å². The summed E-state index contributed by atoms with van der Waals surface area (Å²) in [5.74, 6) is 0.541. The Kier molecular flexibility index (Phi) is 4.31. The van der Waals surface area contributed by atoms with Crippen molar-refractivity contribution in [3.05, 3.63) is 56.7 Å². The van der Waals surface area contributed by atoms with E-state index in [-0.39, 0.29) is 21.8 Å². The third kappa shape index (κ3) is 3.12. The van der Waals surface area contributed by atoms with Gasteiger partial charge in [-0.1, -0.05) is 6.07 Å². The molecule has 1 heterocycles. The monoisotopic (exact) mass is 338 g/mol. The molecule has 1 aromatic heterocycles. The molecule has 1 atom stereocenters. The lowest BCUT2D eigenvalue weighted by atomic mass is 10.2. The molecule has 104 valence electrons. The summed E-state index contributed by atoms with van der Waals surface area (Å²) >= 11 is 3.14. The van der Waals surface area contributed by atoms with Crippen LogP contribution in [0.5, 0.6) is 11.6 Å². The highest BCUT2D eigenvalue weighted by Crippen LogP contribution is 2.36. The summed E-state index contributed by atoms with van der Waals surface area (Å²) in [5, 5.41) is 20.3. The van der Waals surface area contributed by atoms with Crippen LogP contribution in [0.4, 0.5) is 5.69 Å². The van der Waals surface area contributed by atoms with E-state index in [1.165, 1.54) is 18.3 Å². The number of aliphatic hydroxyl groups excluding tert-OH is 1. The number of aliphatic hydroxyl groups is 1. The molecule has 2 aromatic rings. The zero-order valence-electron chi connectivity index (χ0n) is 10.5. The van der Waals surface area contributed by atoms with Crippen LogP contribution >= 0.6 is 15.9 Å². The molecule has 0 aliphatic heterocycles. The molecule has 2 rings (SSSR count). The molecule has 6 nitrogen and oxygen atoms in total. The van der Waals surface area contributed by atoms with Gasteiger partial charge in [0.2, 0.25) is 5.88 Å². The van der Waals surface area contributed by atoms with Gasteiger partial charge in [-0.3, -0.25) is 10.1 Å². The third-order valence-corrected chi connectivity index (χ3v) is 3.39. The summed E-state index contributed by atoms with van der Waals surface area (Å²) < 4.78 is 5.76. The van der Waals surface area contributed by atoms with Gasteiger partial charge < -0.3 is 9.84 Å². The third-order valence-electron chi connectivity index (χ3n) is 2.60. The fourth-order valence-corrected chi connectivity index (χ4v) is 2.06. The average Bonchev–Trinajstić information content (AvgIpc) is 2.41. The molecule has 0 saturated carbocycles. The van der Waals surface area contributed by atoms with E-state index < -0.39 is 11.0 Å². The predicted molar refractivity (Wildman–Crippen MR) is 75.7 cm³/mol. The Bertz CT molecular complexity index is 646. The minimum Gasteiger partial charge on any atom is -0.438 e. The standard InChI is InChI=1S/C13H11BrN2O4/c1-8(17)9-5-6-15-12(7-9)20-11-4-2-3-10(13(11)14)16(18)19/h2-8,17H,1H3/t8-/m1/s1. The van der Waals surface area contributed by atoms with Crippen molar-refractivity contribution in [1.82, 2.24) is 4.98 Å². The van der Waals surface area contributed by atoms with Crippen molar-refractivity contribution in [3.8, 4) is 11.6 Å². The molecule has 0 amide bonds. The first-order valence-electron chi connectivity index (χ1n) is 5.74. The maximum Gasteiger partial charge on any atom is 0.287 e. The van der Waals surface area contributed by atoms with Gasteiger partial charge in [0.25, 0.3) is 5.69 Å². The number of pyridine rings is 1. The second kappa shape index (κ2) is 5.98. The van der Waals surface area contributed by atoms with E-state index in [4.69, 9.17) is 4.74 Å². The fourth-order valence-electron chi connectivity index (χ4n) is 1.57. The first kappa shape index (κ1) is 14.4. The Hall–Kier alpha value is -1.99. The number of hydrogen-bond donors (Lipinski definition) is 1. The van der Waals surface area contributed by atoms with Crippen molar-refractivity contribution in [1.29, 1.82) is 0 Å². The molecule has 0 saturated heterocycles. The topological polar surface area (TPSA) is 85.5 Å². The molecule has 7 heteroatoms. The van der Waals surface area contributed by atoms with Crippen LogP contribution in [-0.4, -0.2) is 15.0 Å². The van der Waals surface area contributed by atoms with Crippen LogP contribution in [0.15, 0.2) is 41.0 Å². The predicted octanol–water partition coefficient (Wildman–Crippen LogP) is 3.60. The molecule has 0 aliphatic rings. The van der Waals surface area contributed by atoms with Crippen molar-refractivity contribution in [2.45, 2.75) is 13.0 Å². The van der Waals surface area contributed by atoms with E-state index in [0.717, 1.165) is 0 Å². The highest BCUT2D eigenvalue weighted by atomic mass is 79.9. The number of nitro groups is 1. The largest absolute Gasteiger partial charge is 0.438 e. The van der Waals surface area contributed by atoms with Crippen molar-refractivity contribution in [2.24, 2.45) is 0 Å². The van der Waals surface area contributed by atoms with Crippen LogP contribution in [0.25, 0.3) is 0 Å². The quantitative estimate of drug-likeness (QED) is 0.679. The summed E-state index contributed by atoms with van der Waals surface area (Å²) in [6.07, 6.45) is 0.858. The lowest BCUT2D eigenvalue weighted by Gasteiger charge is -2.09. The molecular formula is C13H11BrN2O4. The maximum atomic E-state index is 10.8. The molecule has 0 radical (unpaired) electrons. The molecule has 0 unspecified atom stereocenters. The smallest absolute Gasteiger partial charge is 0.287 e. The first-order chi connectivity index (χ1) is 9.49.